The Kier molecular flexibility index (Phi) is 4.58. The lowest BCUT2D eigenvalue weighted by Gasteiger charge is -2.08. The van der Waals surface area contributed by atoms with Crippen LogP contribution in [0.3, 0.4) is 0 Å². The van der Waals surface area contributed by atoms with Crippen molar-refractivity contribution in [3.8, 4) is 11.5 Å². The average Bonchev–Trinajstić information content (AvgIpc) is 2.42. The van der Waals surface area contributed by atoms with E-state index >= 15 is 0 Å². The number of ketones is 1. The van der Waals surface area contributed by atoms with Crippen LogP contribution >= 0.6 is 11.6 Å². The van der Waals surface area contributed by atoms with Crippen molar-refractivity contribution in [2.45, 2.75) is 18.7 Å². The van der Waals surface area contributed by atoms with Crippen LogP contribution in [0.4, 0.5) is 0 Å². The number of carbonyl (C=O) groups is 1. The lowest BCUT2D eigenvalue weighted by Crippen LogP contribution is -2.13. The summed E-state index contributed by atoms with van der Waals surface area (Å²) in [5.74, 6) is 1.56. The quantitative estimate of drug-likeness (QED) is 0.763. The zero-order chi connectivity index (χ0) is 13.7. The molecule has 0 saturated heterocycles. The van der Waals surface area contributed by atoms with Crippen LogP contribution in [0.15, 0.2) is 54.6 Å². The number of ether oxygens (including phenoxy) is 1. The van der Waals surface area contributed by atoms with Gasteiger partial charge in [-0.2, -0.15) is 0 Å². The second-order valence-electron chi connectivity index (χ2n) is 4.34. The van der Waals surface area contributed by atoms with Gasteiger partial charge in [0.1, 0.15) is 17.3 Å². The van der Waals surface area contributed by atoms with E-state index in [0.29, 0.717) is 6.42 Å². The minimum absolute atomic E-state index is 0.00808. The van der Waals surface area contributed by atoms with Crippen LogP contribution in [0, 0.1) is 0 Å². The molecule has 2 rings (SSSR count). The molecular weight excluding hydrogens is 260 g/mol. The summed E-state index contributed by atoms with van der Waals surface area (Å²) in [7, 11) is 0. The first-order chi connectivity index (χ1) is 9.15. The Hall–Kier alpha value is -1.80. The van der Waals surface area contributed by atoms with Gasteiger partial charge in [-0.1, -0.05) is 30.3 Å². The molecule has 2 aromatic carbocycles. The molecule has 0 saturated carbocycles. The Morgan fingerprint density at radius 3 is 2.21 bits per heavy atom. The number of hydrogen-bond donors (Lipinski definition) is 0. The summed E-state index contributed by atoms with van der Waals surface area (Å²) < 4.78 is 5.69. The van der Waals surface area contributed by atoms with Crippen LogP contribution in [0.25, 0.3) is 0 Å². The molecule has 0 spiro atoms. The van der Waals surface area contributed by atoms with E-state index < -0.39 is 5.38 Å². The maximum absolute atomic E-state index is 11.1. The second kappa shape index (κ2) is 6.39. The highest BCUT2D eigenvalue weighted by molar-refractivity contribution is 6.30. The van der Waals surface area contributed by atoms with Crippen molar-refractivity contribution in [1.29, 1.82) is 0 Å². The van der Waals surface area contributed by atoms with Gasteiger partial charge in [-0.05, 0) is 43.2 Å². The van der Waals surface area contributed by atoms with Gasteiger partial charge in [0.25, 0.3) is 0 Å². The summed E-state index contributed by atoms with van der Waals surface area (Å²) in [6, 6.07) is 17.2. The molecule has 1 atom stereocenters. The van der Waals surface area contributed by atoms with E-state index in [2.05, 4.69) is 0 Å². The third kappa shape index (κ3) is 4.11. The summed E-state index contributed by atoms with van der Waals surface area (Å²) in [6.45, 7) is 1.50. The van der Waals surface area contributed by atoms with E-state index in [1.54, 1.807) is 0 Å². The molecule has 0 bridgehead atoms. The minimum atomic E-state index is -0.458. The molecule has 0 amide bonds. The van der Waals surface area contributed by atoms with Gasteiger partial charge in [-0.15, -0.1) is 11.6 Å². The fourth-order valence-electron chi connectivity index (χ4n) is 1.67. The molecule has 0 N–H and O–H groups in total. The van der Waals surface area contributed by atoms with Crippen molar-refractivity contribution in [2.24, 2.45) is 0 Å². The first-order valence-corrected chi connectivity index (χ1v) is 6.55. The van der Waals surface area contributed by atoms with E-state index in [0.717, 1.165) is 17.1 Å². The van der Waals surface area contributed by atoms with Gasteiger partial charge in [0.2, 0.25) is 0 Å². The fraction of sp³-hybridized carbons (Fsp3) is 0.188. The topological polar surface area (TPSA) is 26.3 Å². The standard InChI is InChI=1S/C16H15ClO2/c1-12(18)16(17)11-13-7-9-15(10-8-13)19-14-5-3-2-4-6-14/h2-10,16H,11H2,1H3. The van der Waals surface area contributed by atoms with Crippen molar-refractivity contribution in [2.75, 3.05) is 0 Å². The van der Waals surface area contributed by atoms with Crippen LogP contribution in [-0.2, 0) is 11.2 Å². The molecule has 2 aromatic rings. The predicted octanol–water partition coefficient (Wildman–Crippen LogP) is 4.22. The first-order valence-electron chi connectivity index (χ1n) is 6.11. The molecule has 0 aliphatic heterocycles. The Morgan fingerprint density at radius 2 is 1.63 bits per heavy atom. The zero-order valence-electron chi connectivity index (χ0n) is 10.7. The molecule has 0 heterocycles. The molecule has 98 valence electrons. The van der Waals surface area contributed by atoms with Crippen LogP contribution < -0.4 is 4.74 Å². The minimum Gasteiger partial charge on any atom is -0.457 e. The van der Waals surface area contributed by atoms with Crippen molar-refractivity contribution in [1.82, 2.24) is 0 Å². The summed E-state index contributed by atoms with van der Waals surface area (Å²) >= 11 is 5.94. The van der Waals surface area contributed by atoms with E-state index in [9.17, 15) is 4.79 Å². The van der Waals surface area contributed by atoms with Gasteiger partial charge < -0.3 is 4.74 Å². The number of halogens is 1. The molecule has 2 nitrogen and oxygen atoms in total. The molecule has 0 fully saturated rings. The number of Topliss-reactive ketones (excluding diaryl/α,β-unsaturated/α-hetero) is 1. The number of alkyl halides is 1. The monoisotopic (exact) mass is 274 g/mol. The molecule has 0 aliphatic carbocycles. The highest BCUT2D eigenvalue weighted by Crippen LogP contribution is 2.21. The van der Waals surface area contributed by atoms with Crippen molar-refractivity contribution in [3.05, 3.63) is 60.2 Å². The fourth-order valence-corrected chi connectivity index (χ4v) is 1.85. The van der Waals surface area contributed by atoms with Crippen LogP contribution in [-0.4, -0.2) is 11.2 Å². The zero-order valence-corrected chi connectivity index (χ0v) is 11.4. The van der Waals surface area contributed by atoms with Gasteiger partial charge in [0.05, 0.1) is 5.38 Å². The van der Waals surface area contributed by atoms with Gasteiger partial charge in [0, 0.05) is 0 Å². The molecule has 3 heteroatoms. The van der Waals surface area contributed by atoms with Gasteiger partial charge in [-0.3, -0.25) is 4.79 Å². The third-order valence-corrected chi connectivity index (χ3v) is 3.22. The summed E-state index contributed by atoms with van der Waals surface area (Å²) in [6.07, 6.45) is 0.544. The smallest absolute Gasteiger partial charge is 0.147 e. The Morgan fingerprint density at radius 1 is 1.05 bits per heavy atom. The largest absolute Gasteiger partial charge is 0.457 e. The highest BCUT2D eigenvalue weighted by Gasteiger charge is 2.10. The first kappa shape index (κ1) is 13.6. The Labute approximate surface area is 118 Å². The number of hydrogen-bond acceptors (Lipinski definition) is 2. The average molecular weight is 275 g/mol. The molecule has 19 heavy (non-hydrogen) atoms. The van der Waals surface area contributed by atoms with Crippen molar-refractivity contribution >= 4 is 17.4 Å². The predicted molar refractivity (Wildman–Crippen MR) is 77.0 cm³/mol. The maximum atomic E-state index is 11.1. The molecule has 0 radical (unpaired) electrons. The Balaban J connectivity index is 2.01. The van der Waals surface area contributed by atoms with Crippen LogP contribution in [0.5, 0.6) is 11.5 Å². The third-order valence-electron chi connectivity index (χ3n) is 2.76. The van der Waals surface area contributed by atoms with Crippen molar-refractivity contribution < 1.29 is 9.53 Å². The lowest BCUT2D eigenvalue weighted by atomic mass is 10.1. The summed E-state index contributed by atoms with van der Waals surface area (Å²) in [4.78, 5) is 11.1. The SMILES string of the molecule is CC(=O)C(Cl)Cc1ccc(Oc2ccccc2)cc1. The number of carbonyl (C=O) groups excluding carboxylic acids is 1. The molecule has 0 aromatic heterocycles. The lowest BCUT2D eigenvalue weighted by molar-refractivity contribution is -0.116. The summed E-state index contributed by atoms with van der Waals surface area (Å²) in [5, 5.41) is -0.458. The van der Waals surface area contributed by atoms with E-state index in [-0.39, 0.29) is 5.78 Å². The number of para-hydroxylation sites is 1. The second-order valence-corrected chi connectivity index (χ2v) is 4.87. The van der Waals surface area contributed by atoms with Gasteiger partial charge in [0.15, 0.2) is 0 Å². The normalized spacial score (nSPS) is 11.9. The maximum Gasteiger partial charge on any atom is 0.147 e. The van der Waals surface area contributed by atoms with Crippen LogP contribution in [0.1, 0.15) is 12.5 Å². The van der Waals surface area contributed by atoms with Crippen LogP contribution in [0.2, 0.25) is 0 Å². The van der Waals surface area contributed by atoms with Gasteiger partial charge in [-0.25, -0.2) is 0 Å². The molecular formula is C16H15ClO2. The molecule has 0 aliphatic rings. The highest BCUT2D eigenvalue weighted by atomic mass is 35.5. The van der Waals surface area contributed by atoms with Crippen molar-refractivity contribution in [3.63, 3.8) is 0 Å². The number of benzene rings is 2. The van der Waals surface area contributed by atoms with E-state index in [1.807, 2.05) is 54.6 Å². The van der Waals surface area contributed by atoms with Gasteiger partial charge >= 0.3 is 0 Å². The Bertz CT molecular complexity index is 534. The summed E-state index contributed by atoms with van der Waals surface area (Å²) in [5.41, 5.74) is 1.02. The number of rotatable bonds is 5. The van der Waals surface area contributed by atoms with E-state index in [1.165, 1.54) is 6.92 Å². The van der Waals surface area contributed by atoms with E-state index in [4.69, 9.17) is 16.3 Å². The molecule has 1 unspecified atom stereocenters.